The average molecular weight is 266 g/mol. The zero-order chi connectivity index (χ0) is 14.4. The van der Waals surface area contributed by atoms with Gasteiger partial charge in [0.05, 0.1) is 6.26 Å². The molecule has 1 saturated heterocycles. The molecule has 1 aromatic rings. The molecule has 0 aliphatic carbocycles. The zero-order valence-corrected chi connectivity index (χ0v) is 10.8. The van der Waals surface area contributed by atoms with Gasteiger partial charge in [0.2, 0.25) is 0 Å². The summed E-state index contributed by atoms with van der Waals surface area (Å²) < 4.78 is 5.15. The highest BCUT2D eigenvalue weighted by atomic mass is 16.4. The second-order valence-corrected chi connectivity index (χ2v) is 5.04. The lowest BCUT2D eigenvalue weighted by Gasteiger charge is -2.29. The number of hydrogen-bond donors (Lipinski definition) is 2. The van der Waals surface area contributed by atoms with Gasteiger partial charge in [0.25, 0.3) is 5.91 Å². The Morgan fingerprint density at radius 2 is 2.11 bits per heavy atom. The Morgan fingerprint density at radius 1 is 1.47 bits per heavy atom. The molecule has 1 aromatic heterocycles. The summed E-state index contributed by atoms with van der Waals surface area (Å²) in [5.74, 6) is -1.66. The molecule has 1 atom stereocenters. The van der Waals surface area contributed by atoms with Gasteiger partial charge in [-0.15, -0.1) is 0 Å². The molecule has 19 heavy (non-hydrogen) atoms. The van der Waals surface area contributed by atoms with Gasteiger partial charge in [-0.1, -0.05) is 0 Å². The molecule has 0 spiro atoms. The van der Waals surface area contributed by atoms with E-state index in [0.717, 1.165) is 0 Å². The summed E-state index contributed by atoms with van der Waals surface area (Å²) in [6, 6.07) is 2.39. The summed E-state index contributed by atoms with van der Waals surface area (Å²) in [6.07, 6.45) is 1.38. The van der Waals surface area contributed by atoms with Crippen molar-refractivity contribution in [3.05, 3.63) is 24.2 Å². The summed E-state index contributed by atoms with van der Waals surface area (Å²) in [6.45, 7) is 4.06. The van der Waals surface area contributed by atoms with Crippen molar-refractivity contribution < 1.29 is 23.9 Å². The number of imide groups is 1. The van der Waals surface area contributed by atoms with Gasteiger partial charge in [-0.25, -0.2) is 14.5 Å². The van der Waals surface area contributed by atoms with Crippen LogP contribution in [0.2, 0.25) is 0 Å². The van der Waals surface area contributed by atoms with Crippen LogP contribution in [0.15, 0.2) is 22.8 Å². The van der Waals surface area contributed by atoms with Gasteiger partial charge in [0.1, 0.15) is 11.3 Å². The van der Waals surface area contributed by atoms with Gasteiger partial charge in [-0.05, 0) is 32.9 Å². The van der Waals surface area contributed by atoms with E-state index in [0.29, 0.717) is 4.90 Å². The van der Waals surface area contributed by atoms with Crippen LogP contribution in [-0.4, -0.2) is 33.5 Å². The van der Waals surface area contributed by atoms with Crippen LogP contribution in [0.5, 0.6) is 0 Å². The molecule has 2 rings (SSSR count). The number of amides is 3. The Labute approximate surface area is 109 Å². The number of hydrogen-bond acceptors (Lipinski definition) is 4. The number of carboxylic acids is 1. The molecular weight excluding hydrogens is 252 g/mol. The van der Waals surface area contributed by atoms with Crippen LogP contribution in [0.4, 0.5) is 4.79 Å². The van der Waals surface area contributed by atoms with Crippen molar-refractivity contribution in [3.8, 4) is 0 Å². The largest absolute Gasteiger partial charge is 0.480 e. The van der Waals surface area contributed by atoms with Crippen molar-refractivity contribution >= 4 is 17.9 Å². The van der Waals surface area contributed by atoms with E-state index in [-0.39, 0.29) is 5.76 Å². The van der Waals surface area contributed by atoms with Crippen molar-refractivity contribution in [1.82, 2.24) is 10.2 Å². The number of carbonyl (C=O) groups is 3. The lowest BCUT2D eigenvalue weighted by molar-refractivity contribution is -0.153. The molecule has 0 radical (unpaired) electrons. The average Bonchev–Trinajstić information content (AvgIpc) is 2.87. The Hall–Kier alpha value is -2.31. The molecular formula is C12H14N2O5. The maximum Gasteiger partial charge on any atom is 0.329 e. The van der Waals surface area contributed by atoms with Crippen LogP contribution in [0.25, 0.3) is 0 Å². The van der Waals surface area contributed by atoms with Gasteiger partial charge >= 0.3 is 12.0 Å². The highest BCUT2D eigenvalue weighted by molar-refractivity contribution is 6.10. The van der Waals surface area contributed by atoms with E-state index >= 15 is 0 Å². The SMILES string of the molecule is CC1(c2ccco2)NC(=O)N(C(C)(C)C(=O)O)C1=O. The number of carboxylic acid groups (broad SMARTS) is 1. The molecule has 7 heteroatoms. The molecule has 1 aliphatic heterocycles. The molecule has 3 amide bonds. The van der Waals surface area contributed by atoms with Crippen molar-refractivity contribution in [2.45, 2.75) is 31.8 Å². The Morgan fingerprint density at radius 3 is 2.58 bits per heavy atom. The van der Waals surface area contributed by atoms with Gasteiger partial charge in [-0.3, -0.25) is 4.79 Å². The number of carbonyl (C=O) groups excluding carboxylic acids is 2. The van der Waals surface area contributed by atoms with Gasteiger partial charge < -0.3 is 14.8 Å². The zero-order valence-electron chi connectivity index (χ0n) is 10.8. The summed E-state index contributed by atoms with van der Waals surface area (Å²) in [5.41, 5.74) is -3.02. The first-order chi connectivity index (χ1) is 8.71. The van der Waals surface area contributed by atoms with E-state index in [1.165, 1.54) is 27.0 Å². The molecule has 102 valence electrons. The second kappa shape index (κ2) is 3.84. The van der Waals surface area contributed by atoms with Crippen molar-refractivity contribution in [2.75, 3.05) is 0 Å². The topological polar surface area (TPSA) is 99.8 Å². The molecule has 1 fully saturated rings. The number of furan rings is 1. The highest BCUT2D eigenvalue weighted by Gasteiger charge is 2.57. The monoisotopic (exact) mass is 266 g/mol. The Kier molecular flexibility index (Phi) is 2.65. The molecule has 2 heterocycles. The fourth-order valence-electron chi connectivity index (χ4n) is 1.97. The van der Waals surface area contributed by atoms with E-state index in [2.05, 4.69) is 5.32 Å². The quantitative estimate of drug-likeness (QED) is 0.792. The minimum atomic E-state index is -1.63. The normalized spacial score (nSPS) is 23.6. The predicted molar refractivity (Wildman–Crippen MR) is 63.2 cm³/mol. The van der Waals surface area contributed by atoms with Crippen LogP contribution < -0.4 is 5.32 Å². The molecule has 0 aromatic carbocycles. The van der Waals surface area contributed by atoms with Crippen LogP contribution >= 0.6 is 0 Å². The molecule has 2 N–H and O–H groups in total. The maximum absolute atomic E-state index is 12.4. The Balaban J connectivity index is 2.45. The van der Waals surface area contributed by atoms with Crippen molar-refractivity contribution in [2.24, 2.45) is 0 Å². The third-order valence-corrected chi connectivity index (χ3v) is 3.29. The molecule has 1 unspecified atom stereocenters. The van der Waals surface area contributed by atoms with E-state index < -0.39 is 29.0 Å². The lowest BCUT2D eigenvalue weighted by atomic mass is 9.96. The van der Waals surface area contributed by atoms with Crippen LogP contribution in [0.3, 0.4) is 0 Å². The van der Waals surface area contributed by atoms with Crippen LogP contribution in [0, 0.1) is 0 Å². The predicted octanol–water partition coefficient (Wildman–Crippen LogP) is 0.910. The third kappa shape index (κ3) is 1.69. The van der Waals surface area contributed by atoms with Crippen LogP contribution in [0.1, 0.15) is 26.5 Å². The summed E-state index contributed by atoms with van der Waals surface area (Å²) >= 11 is 0. The highest BCUT2D eigenvalue weighted by Crippen LogP contribution is 2.33. The summed E-state index contributed by atoms with van der Waals surface area (Å²) in [4.78, 5) is 36.2. The Bertz CT molecular complexity index is 548. The number of aliphatic carboxylic acids is 1. The molecule has 0 bridgehead atoms. The minimum Gasteiger partial charge on any atom is -0.480 e. The van der Waals surface area contributed by atoms with E-state index in [9.17, 15) is 14.4 Å². The van der Waals surface area contributed by atoms with Gasteiger partial charge in [-0.2, -0.15) is 0 Å². The number of nitrogens with one attached hydrogen (secondary N) is 1. The fourth-order valence-corrected chi connectivity index (χ4v) is 1.97. The van der Waals surface area contributed by atoms with Crippen molar-refractivity contribution in [3.63, 3.8) is 0 Å². The molecule has 1 aliphatic rings. The molecule has 7 nitrogen and oxygen atoms in total. The maximum atomic E-state index is 12.4. The third-order valence-electron chi connectivity index (χ3n) is 3.29. The van der Waals surface area contributed by atoms with E-state index in [1.54, 1.807) is 12.1 Å². The van der Waals surface area contributed by atoms with E-state index in [4.69, 9.17) is 9.52 Å². The van der Waals surface area contributed by atoms with E-state index in [1.807, 2.05) is 0 Å². The summed E-state index contributed by atoms with van der Waals surface area (Å²) in [7, 11) is 0. The first-order valence-corrected chi connectivity index (χ1v) is 5.65. The smallest absolute Gasteiger partial charge is 0.329 e. The minimum absolute atomic E-state index is 0.259. The summed E-state index contributed by atoms with van der Waals surface area (Å²) in [5, 5.41) is 11.6. The van der Waals surface area contributed by atoms with Crippen LogP contribution in [-0.2, 0) is 15.1 Å². The van der Waals surface area contributed by atoms with Gasteiger partial charge in [0.15, 0.2) is 5.54 Å². The number of nitrogens with zero attached hydrogens (tertiary/aromatic N) is 1. The standard InChI is InChI=1S/C12H14N2O5/c1-11(2,9(16)17)14-8(15)12(3,13-10(14)18)7-5-4-6-19-7/h4-6H,1-3H3,(H,13,18)(H,16,17). The molecule has 0 saturated carbocycles. The lowest BCUT2D eigenvalue weighted by Crippen LogP contribution is -2.54. The first kappa shape index (κ1) is 13.1. The number of urea groups is 1. The number of rotatable bonds is 3. The fraction of sp³-hybridized carbons (Fsp3) is 0.417. The first-order valence-electron chi connectivity index (χ1n) is 5.65. The second-order valence-electron chi connectivity index (χ2n) is 5.04. The van der Waals surface area contributed by atoms with Crippen molar-refractivity contribution in [1.29, 1.82) is 0 Å². The van der Waals surface area contributed by atoms with Gasteiger partial charge in [0, 0.05) is 0 Å².